The van der Waals surface area contributed by atoms with Crippen LogP contribution in [0.4, 0.5) is 0 Å². The van der Waals surface area contributed by atoms with E-state index in [1.54, 1.807) is 4.90 Å². The van der Waals surface area contributed by atoms with Crippen LogP contribution < -0.4 is 5.73 Å². The van der Waals surface area contributed by atoms with Crippen LogP contribution in [-0.4, -0.2) is 49.4 Å². The highest BCUT2D eigenvalue weighted by atomic mass is 16.2. The highest BCUT2D eigenvalue weighted by molar-refractivity contribution is 5.78. The van der Waals surface area contributed by atoms with Crippen molar-refractivity contribution < 1.29 is 4.79 Å². The highest BCUT2D eigenvalue weighted by Crippen LogP contribution is 2.18. The van der Waals surface area contributed by atoms with Crippen LogP contribution in [0.3, 0.4) is 0 Å². The first kappa shape index (κ1) is 15.7. The van der Waals surface area contributed by atoms with Gasteiger partial charge < -0.3 is 10.6 Å². The smallest absolute Gasteiger partial charge is 0.236 e. The molecule has 0 heterocycles. The number of amides is 1. The second kappa shape index (κ2) is 7.92. The van der Waals surface area contributed by atoms with Gasteiger partial charge in [-0.05, 0) is 39.0 Å². The minimum Gasteiger partial charge on any atom is -0.338 e. The SMILES string of the molecule is CC(c1ccccc1)N(C)C(=O)CN(C)CCCN. The first-order chi connectivity index (χ1) is 9.06. The fourth-order valence-electron chi connectivity index (χ4n) is 1.95. The van der Waals surface area contributed by atoms with Gasteiger partial charge in [-0.15, -0.1) is 0 Å². The van der Waals surface area contributed by atoms with E-state index in [1.165, 1.54) is 0 Å². The van der Waals surface area contributed by atoms with Crippen molar-refractivity contribution in [2.45, 2.75) is 19.4 Å². The number of carbonyl (C=O) groups excluding carboxylic acids is 1. The van der Waals surface area contributed by atoms with Gasteiger partial charge >= 0.3 is 0 Å². The molecule has 19 heavy (non-hydrogen) atoms. The Morgan fingerprint density at radius 3 is 2.47 bits per heavy atom. The molecular formula is C15H25N3O. The van der Waals surface area contributed by atoms with Crippen LogP contribution in [0, 0.1) is 0 Å². The lowest BCUT2D eigenvalue weighted by Crippen LogP contribution is -2.38. The summed E-state index contributed by atoms with van der Waals surface area (Å²) in [6, 6.07) is 10.2. The number of benzene rings is 1. The summed E-state index contributed by atoms with van der Waals surface area (Å²) in [6.07, 6.45) is 0.918. The molecule has 1 aromatic rings. The number of rotatable bonds is 7. The molecule has 1 aromatic carbocycles. The van der Waals surface area contributed by atoms with Crippen molar-refractivity contribution in [2.24, 2.45) is 5.73 Å². The Morgan fingerprint density at radius 1 is 1.26 bits per heavy atom. The Kier molecular flexibility index (Phi) is 6.53. The van der Waals surface area contributed by atoms with Crippen LogP contribution in [0.2, 0.25) is 0 Å². The molecule has 1 atom stereocenters. The van der Waals surface area contributed by atoms with Gasteiger partial charge in [-0.3, -0.25) is 9.69 Å². The largest absolute Gasteiger partial charge is 0.338 e. The molecule has 0 fully saturated rings. The molecular weight excluding hydrogens is 238 g/mol. The Labute approximate surface area is 116 Å². The van der Waals surface area contributed by atoms with E-state index in [0.29, 0.717) is 13.1 Å². The molecule has 1 unspecified atom stereocenters. The highest BCUT2D eigenvalue weighted by Gasteiger charge is 2.18. The van der Waals surface area contributed by atoms with Crippen LogP contribution in [0.1, 0.15) is 24.9 Å². The summed E-state index contributed by atoms with van der Waals surface area (Å²) in [6.45, 7) is 4.01. The summed E-state index contributed by atoms with van der Waals surface area (Å²) >= 11 is 0. The molecule has 0 bridgehead atoms. The number of hydrogen-bond donors (Lipinski definition) is 1. The van der Waals surface area contributed by atoms with Crippen LogP contribution in [0.25, 0.3) is 0 Å². The molecule has 0 aromatic heterocycles. The number of likely N-dealkylation sites (N-methyl/N-ethyl adjacent to an activating group) is 2. The van der Waals surface area contributed by atoms with E-state index < -0.39 is 0 Å². The van der Waals surface area contributed by atoms with E-state index in [-0.39, 0.29) is 11.9 Å². The van der Waals surface area contributed by atoms with Crippen LogP contribution >= 0.6 is 0 Å². The quantitative estimate of drug-likeness (QED) is 0.811. The molecule has 0 aliphatic carbocycles. The first-order valence-corrected chi connectivity index (χ1v) is 6.75. The molecule has 106 valence electrons. The predicted molar refractivity (Wildman–Crippen MR) is 78.8 cm³/mol. The van der Waals surface area contributed by atoms with Crippen molar-refractivity contribution in [2.75, 3.05) is 33.7 Å². The maximum Gasteiger partial charge on any atom is 0.236 e. The fourth-order valence-corrected chi connectivity index (χ4v) is 1.95. The average molecular weight is 263 g/mol. The number of hydrogen-bond acceptors (Lipinski definition) is 3. The minimum atomic E-state index is 0.0941. The van der Waals surface area contributed by atoms with Gasteiger partial charge in [-0.1, -0.05) is 30.3 Å². The second-order valence-electron chi connectivity index (χ2n) is 4.97. The topological polar surface area (TPSA) is 49.6 Å². The molecule has 4 nitrogen and oxygen atoms in total. The molecule has 1 amide bonds. The summed E-state index contributed by atoms with van der Waals surface area (Å²) in [7, 11) is 3.81. The number of nitrogens with zero attached hydrogens (tertiary/aromatic N) is 2. The van der Waals surface area contributed by atoms with Crippen molar-refractivity contribution in [3.8, 4) is 0 Å². The zero-order chi connectivity index (χ0) is 14.3. The zero-order valence-electron chi connectivity index (χ0n) is 12.2. The Balaban J connectivity index is 2.52. The molecule has 0 aliphatic rings. The monoisotopic (exact) mass is 263 g/mol. The molecule has 0 aliphatic heterocycles. The third-order valence-electron chi connectivity index (χ3n) is 3.41. The summed E-state index contributed by atoms with van der Waals surface area (Å²) in [5.41, 5.74) is 6.63. The van der Waals surface area contributed by atoms with Crippen molar-refractivity contribution in [3.63, 3.8) is 0 Å². The Morgan fingerprint density at radius 2 is 1.89 bits per heavy atom. The van der Waals surface area contributed by atoms with Gasteiger partial charge in [0.15, 0.2) is 0 Å². The first-order valence-electron chi connectivity index (χ1n) is 6.75. The van der Waals surface area contributed by atoms with E-state index in [2.05, 4.69) is 0 Å². The maximum absolute atomic E-state index is 12.2. The van der Waals surface area contributed by atoms with E-state index >= 15 is 0 Å². The summed E-state index contributed by atoms with van der Waals surface area (Å²) in [4.78, 5) is 16.0. The predicted octanol–water partition coefficient (Wildman–Crippen LogP) is 1.49. The maximum atomic E-state index is 12.2. The molecule has 0 spiro atoms. The lowest BCUT2D eigenvalue weighted by molar-refractivity contribution is -0.132. The van der Waals surface area contributed by atoms with Crippen LogP contribution in [0.15, 0.2) is 30.3 Å². The molecule has 2 N–H and O–H groups in total. The minimum absolute atomic E-state index is 0.0941. The van der Waals surface area contributed by atoms with Gasteiger partial charge in [-0.2, -0.15) is 0 Å². The number of carbonyl (C=O) groups is 1. The van der Waals surface area contributed by atoms with E-state index in [0.717, 1.165) is 18.5 Å². The van der Waals surface area contributed by atoms with Gasteiger partial charge in [-0.25, -0.2) is 0 Å². The second-order valence-corrected chi connectivity index (χ2v) is 4.97. The normalized spacial score (nSPS) is 12.5. The summed E-state index contributed by atoms with van der Waals surface area (Å²) < 4.78 is 0. The standard InChI is InChI=1S/C15H25N3O/c1-13(14-8-5-4-6-9-14)18(3)15(19)12-17(2)11-7-10-16/h4-6,8-9,13H,7,10-12,16H2,1-3H3. The lowest BCUT2D eigenvalue weighted by atomic mass is 10.1. The van der Waals surface area contributed by atoms with Gasteiger partial charge in [0.05, 0.1) is 12.6 Å². The van der Waals surface area contributed by atoms with Crippen molar-refractivity contribution >= 4 is 5.91 Å². The third kappa shape index (κ3) is 5.01. The fraction of sp³-hybridized carbons (Fsp3) is 0.533. The van der Waals surface area contributed by atoms with Gasteiger partial charge in [0.1, 0.15) is 0 Å². The zero-order valence-corrected chi connectivity index (χ0v) is 12.2. The molecule has 1 rings (SSSR count). The van der Waals surface area contributed by atoms with E-state index in [4.69, 9.17) is 5.73 Å². The third-order valence-corrected chi connectivity index (χ3v) is 3.41. The Bertz CT molecular complexity index is 380. The molecule has 0 radical (unpaired) electrons. The number of nitrogens with two attached hydrogens (primary N) is 1. The average Bonchev–Trinajstić information content (AvgIpc) is 2.44. The lowest BCUT2D eigenvalue weighted by Gasteiger charge is -2.27. The molecule has 0 saturated carbocycles. The van der Waals surface area contributed by atoms with Gasteiger partial charge in [0, 0.05) is 7.05 Å². The van der Waals surface area contributed by atoms with Crippen molar-refractivity contribution in [1.29, 1.82) is 0 Å². The summed E-state index contributed by atoms with van der Waals surface area (Å²) in [5, 5.41) is 0. The van der Waals surface area contributed by atoms with Crippen LogP contribution in [0.5, 0.6) is 0 Å². The van der Waals surface area contributed by atoms with Crippen molar-refractivity contribution in [1.82, 2.24) is 9.80 Å². The van der Waals surface area contributed by atoms with E-state index in [9.17, 15) is 4.79 Å². The Hall–Kier alpha value is -1.39. The van der Waals surface area contributed by atoms with Crippen molar-refractivity contribution in [3.05, 3.63) is 35.9 Å². The molecule has 4 heteroatoms. The summed E-state index contributed by atoms with van der Waals surface area (Å²) in [5.74, 6) is 0.135. The van der Waals surface area contributed by atoms with Crippen LogP contribution in [-0.2, 0) is 4.79 Å². The van der Waals surface area contributed by atoms with Gasteiger partial charge in [0.25, 0.3) is 0 Å². The molecule has 0 saturated heterocycles. The van der Waals surface area contributed by atoms with E-state index in [1.807, 2.05) is 56.3 Å². The van der Waals surface area contributed by atoms with Gasteiger partial charge in [0.2, 0.25) is 5.91 Å².